The van der Waals surface area contributed by atoms with Crippen molar-refractivity contribution >= 4 is 6.29 Å². The molecule has 74 valence electrons. The molecular weight excluding hydrogens is 180 g/mol. The van der Waals surface area contributed by atoms with E-state index in [4.69, 9.17) is 9.47 Å². The molecule has 0 saturated carbocycles. The average Bonchev–Trinajstić information content (AvgIpc) is 2.23. The topological polar surface area (TPSA) is 35.5 Å². The van der Waals surface area contributed by atoms with Crippen LogP contribution in [0, 0.1) is 6.92 Å². The Bertz CT molecular complexity index is 358. The Kier molecular flexibility index (Phi) is 2.50. The van der Waals surface area contributed by atoms with Crippen LogP contribution < -0.4 is 4.74 Å². The third-order valence-corrected chi connectivity index (χ3v) is 2.41. The standard InChI is InChI=1S/C11H12O3/c1-8-2-3-9(4-5-12)11-10(8)6-13-7-14-11/h2-3,5H,4,6-7H2,1H3. The number of carbonyl (C=O) groups excluding carboxylic acids is 1. The van der Waals surface area contributed by atoms with Gasteiger partial charge in [-0.1, -0.05) is 12.1 Å². The Balaban J connectivity index is 2.47. The van der Waals surface area contributed by atoms with E-state index in [-0.39, 0.29) is 6.79 Å². The lowest BCUT2D eigenvalue weighted by Crippen LogP contribution is -2.14. The molecule has 0 amide bonds. The van der Waals surface area contributed by atoms with Crippen molar-refractivity contribution in [1.82, 2.24) is 0 Å². The van der Waals surface area contributed by atoms with Crippen LogP contribution in [-0.4, -0.2) is 13.1 Å². The molecule has 1 heterocycles. The zero-order valence-corrected chi connectivity index (χ0v) is 8.08. The first-order valence-electron chi connectivity index (χ1n) is 4.58. The van der Waals surface area contributed by atoms with E-state index in [0.717, 1.165) is 28.7 Å². The number of fused-ring (bicyclic) bond motifs is 1. The second-order valence-electron chi connectivity index (χ2n) is 3.33. The Morgan fingerprint density at radius 2 is 2.36 bits per heavy atom. The van der Waals surface area contributed by atoms with Crippen LogP contribution >= 0.6 is 0 Å². The van der Waals surface area contributed by atoms with Crippen LogP contribution in [0.15, 0.2) is 12.1 Å². The second-order valence-corrected chi connectivity index (χ2v) is 3.33. The molecule has 0 aromatic heterocycles. The molecule has 0 saturated heterocycles. The van der Waals surface area contributed by atoms with Gasteiger partial charge >= 0.3 is 0 Å². The van der Waals surface area contributed by atoms with Crippen molar-refractivity contribution in [1.29, 1.82) is 0 Å². The van der Waals surface area contributed by atoms with Crippen LogP contribution in [0.4, 0.5) is 0 Å². The normalized spacial score (nSPS) is 14.4. The van der Waals surface area contributed by atoms with Crippen molar-refractivity contribution < 1.29 is 14.3 Å². The molecule has 2 rings (SSSR count). The summed E-state index contributed by atoms with van der Waals surface area (Å²) in [6, 6.07) is 3.93. The fourth-order valence-electron chi connectivity index (χ4n) is 1.63. The number of ether oxygens (including phenoxy) is 2. The van der Waals surface area contributed by atoms with E-state index in [1.165, 1.54) is 0 Å². The number of aryl methyl sites for hydroxylation is 1. The first kappa shape index (κ1) is 9.21. The van der Waals surface area contributed by atoms with Gasteiger partial charge < -0.3 is 14.3 Å². The average molecular weight is 192 g/mol. The molecule has 1 aliphatic heterocycles. The Hall–Kier alpha value is -1.35. The molecule has 0 radical (unpaired) electrons. The highest BCUT2D eigenvalue weighted by Crippen LogP contribution is 2.30. The molecule has 0 atom stereocenters. The van der Waals surface area contributed by atoms with Gasteiger partial charge in [-0.15, -0.1) is 0 Å². The highest BCUT2D eigenvalue weighted by molar-refractivity contribution is 5.59. The second kappa shape index (κ2) is 3.80. The number of aldehydes is 1. The third kappa shape index (κ3) is 1.51. The number of rotatable bonds is 2. The Morgan fingerprint density at radius 1 is 1.50 bits per heavy atom. The summed E-state index contributed by atoms with van der Waals surface area (Å²) in [7, 11) is 0. The van der Waals surface area contributed by atoms with Gasteiger partial charge in [0.05, 0.1) is 6.61 Å². The van der Waals surface area contributed by atoms with Gasteiger partial charge in [0, 0.05) is 17.5 Å². The number of benzene rings is 1. The molecule has 3 nitrogen and oxygen atoms in total. The minimum Gasteiger partial charge on any atom is -0.467 e. The Labute approximate surface area is 82.6 Å². The van der Waals surface area contributed by atoms with Crippen LogP contribution in [0.25, 0.3) is 0 Å². The predicted octanol–water partition coefficient (Wildman–Crippen LogP) is 1.60. The highest BCUT2D eigenvalue weighted by Gasteiger charge is 2.16. The predicted molar refractivity (Wildman–Crippen MR) is 51.2 cm³/mol. The number of carbonyl (C=O) groups is 1. The van der Waals surface area contributed by atoms with Crippen LogP contribution in [0.2, 0.25) is 0 Å². The van der Waals surface area contributed by atoms with Crippen molar-refractivity contribution in [2.24, 2.45) is 0 Å². The maximum absolute atomic E-state index is 10.5. The van der Waals surface area contributed by atoms with E-state index < -0.39 is 0 Å². The maximum Gasteiger partial charge on any atom is 0.189 e. The summed E-state index contributed by atoms with van der Waals surface area (Å²) in [5, 5.41) is 0. The summed E-state index contributed by atoms with van der Waals surface area (Å²) >= 11 is 0. The van der Waals surface area contributed by atoms with Crippen LogP contribution in [-0.2, 0) is 22.6 Å². The largest absolute Gasteiger partial charge is 0.467 e. The zero-order chi connectivity index (χ0) is 9.97. The van der Waals surface area contributed by atoms with Gasteiger partial charge in [-0.3, -0.25) is 0 Å². The molecule has 0 bridgehead atoms. The van der Waals surface area contributed by atoms with Crippen molar-refractivity contribution in [2.45, 2.75) is 20.0 Å². The van der Waals surface area contributed by atoms with Crippen LogP contribution in [0.3, 0.4) is 0 Å². The quantitative estimate of drug-likeness (QED) is 0.668. The van der Waals surface area contributed by atoms with Gasteiger partial charge in [0.25, 0.3) is 0 Å². The molecule has 1 aromatic rings. The van der Waals surface area contributed by atoms with Gasteiger partial charge in [0.2, 0.25) is 0 Å². The van der Waals surface area contributed by atoms with Crippen molar-refractivity contribution in [2.75, 3.05) is 6.79 Å². The fraction of sp³-hybridized carbons (Fsp3) is 0.364. The van der Waals surface area contributed by atoms with E-state index in [0.29, 0.717) is 13.0 Å². The first-order valence-corrected chi connectivity index (χ1v) is 4.58. The van der Waals surface area contributed by atoms with Crippen LogP contribution in [0.5, 0.6) is 5.75 Å². The molecule has 1 aromatic carbocycles. The van der Waals surface area contributed by atoms with Gasteiger partial charge in [-0.05, 0) is 12.5 Å². The fourth-order valence-corrected chi connectivity index (χ4v) is 1.63. The molecular formula is C11H12O3. The van der Waals surface area contributed by atoms with Gasteiger partial charge in [-0.25, -0.2) is 0 Å². The summed E-state index contributed by atoms with van der Waals surface area (Å²) in [6.07, 6.45) is 1.30. The summed E-state index contributed by atoms with van der Waals surface area (Å²) in [6.45, 7) is 2.87. The van der Waals surface area contributed by atoms with Crippen LogP contribution in [0.1, 0.15) is 16.7 Å². The van der Waals surface area contributed by atoms with E-state index in [1.54, 1.807) is 0 Å². The lowest BCUT2D eigenvalue weighted by molar-refractivity contribution is -0.107. The SMILES string of the molecule is Cc1ccc(CC=O)c2c1COCO2. The van der Waals surface area contributed by atoms with E-state index >= 15 is 0 Å². The van der Waals surface area contributed by atoms with Crippen molar-refractivity contribution in [3.8, 4) is 5.75 Å². The first-order chi connectivity index (χ1) is 6.83. The minimum atomic E-state index is 0.280. The van der Waals surface area contributed by atoms with Gasteiger partial charge in [-0.2, -0.15) is 0 Å². The molecule has 0 spiro atoms. The maximum atomic E-state index is 10.5. The minimum absolute atomic E-state index is 0.280. The lowest BCUT2D eigenvalue weighted by atomic mass is 10.0. The van der Waals surface area contributed by atoms with Crippen molar-refractivity contribution in [3.63, 3.8) is 0 Å². The van der Waals surface area contributed by atoms with E-state index in [2.05, 4.69) is 0 Å². The number of hydrogen-bond donors (Lipinski definition) is 0. The van der Waals surface area contributed by atoms with Gasteiger partial charge in [0.15, 0.2) is 6.79 Å². The van der Waals surface area contributed by atoms with E-state index in [1.807, 2.05) is 19.1 Å². The smallest absolute Gasteiger partial charge is 0.189 e. The summed E-state index contributed by atoms with van der Waals surface area (Å²) in [4.78, 5) is 10.5. The zero-order valence-electron chi connectivity index (χ0n) is 8.08. The summed E-state index contributed by atoms with van der Waals surface area (Å²) in [5.41, 5.74) is 3.16. The molecule has 0 fully saturated rings. The monoisotopic (exact) mass is 192 g/mol. The molecule has 0 aliphatic carbocycles. The van der Waals surface area contributed by atoms with Crippen molar-refractivity contribution in [3.05, 3.63) is 28.8 Å². The summed E-state index contributed by atoms with van der Waals surface area (Å²) < 4.78 is 10.6. The number of hydrogen-bond acceptors (Lipinski definition) is 3. The molecule has 0 N–H and O–H groups in total. The van der Waals surface area contributed by atoms with E-state index in [9.17, 15) is 4.79 Å². The third-order valence-electron chi connectivity index (χ3n) is 2.41. The molecule has 0 unspecified atom stereocenters. The Morgan fingerprint density at radius 3 is 3.14 bits per heavy atom. The lowest BCUT2D eigenvalue weighted by Gasteiger charge is -2.21. The van der Waals surface area contributed by atoms with Gasteiger partial charge in [0.1, 0.15) is 12.0 Å². The highest BCUT2D eigenvalue weighted by atomic mass is 16.7. The molecule has 14 heavy (non-hydrogen) atoms. The molecule has 3 heteroatoms. The summed E-state index contributed by atoms with van der Waals surface area (Å²) in [5.74, 6) is 0.836. The molecule has 1 aliphatic rings.